The van der Waals surface area contributed by atoms with E-state index in [1.807, 2.05) is 76.5 Å². The normalized spacial score (nSPS) is 15.9. The number of fused-ring (bicyclic) bond motifs is 2. The number of carbonyl (C=O) groups excluding carboxylic acids is 2. The van der Waals surface area contributed by atoms with Crippen molar-refractivity contribution in [2.45, 2.75) is 39.5 Å². The largest absolute Gasteiger partial charge is 0.308 e. The van der Waals surface area contributed by atoms with Gasteiger partial charge in [0.15, 0.2) is 0 Å². The zero-order chi connectivity index (χ0) is 28.2. The molecule has 4 nitrogen and oxygen atoms in total. The molecule has 5 rings (SSSR count). The van der Waals surface area contributed by atoms with E-state index in [9.17, 15) is 9.59 Å². The van der Waals surface area contributed by atoms with Gasteiger partial charge in [0.05, 0.1) is 22.5 Å². The number of amides is 2. The van der Waals surface area contributed by atoms with E-state index in [2.05, 4.69) is 25.7 Å². The summed E-state index contributed by atoms with van der Waals surface area (Å²) in [5.41, 5.74) is 7.87. The highest BCUT2D eigenvalue weighted by molar-refractivity contribution is 6.17. The van der Waals surface area contributed by atoms with Gasteiger partial charge in [-0.05, 0) is 72.5 Å². The van der Waals surface area contributed by atoms with Crippen LogP contribution in [0.15, 0.2) is 60.7 Å². The summed E-state index contributed by atoms with van der Waals surface area (Å²) >= 11 is 0. The van der Waals surface area contributed by atoms with Crippen LogP contribution in [0.4, 0.5) is 0 Å². The lowest BCUT2D eigenvalue weighted by Crippen LogP contribution is -2.25. The molecule has 0 unspecified atom stereocenters. The average molecular weight is 525 g/mol. The Bertz CT molecular complexity index is 1530. The summed E-state index contributed by atoms with van der Waals surface area (Å²) in [5, 5.41) is 0. The van der Waals surface area contributed by atoms with E-state index in [1.54, 1.807) is 6.07 Å². The van der Waals surface area contributed by atoms with Gasteiger partial charge in [0, 0.05) is 35.3 Å². The first-order chi connectivity index (χ1) is 19.5. The van der Waals surface area contributed by atoms with Gasteiger partial charge >= 0.3 is 0 Å². The molecular formula is C36H32N2O2. The molecule has 0 fully saturated rings. The lowest BCUT2D eigenvalue weighted by Gasteiger charge is -2.19. The second kappa shape index (κ2) is 11.5. The van der Waals surface area contributed by atoms with Crippen LogP contribution in [-0.2, 0) is 0 Å². The first-order valence-corrected chi connectivity index (χ1v) is 13.9. The van der Waals surface area contributed by atoms with Crippen LogP contribution in [0.5, 0.6) is 0 Å². The number of benzene rings is 3. The van der Waals surface area contributed by atoms with Crippen molar-refractivity contribution in [1.29, 1.82) is 0 Å². The molecule has 0 saturated heterocycles. The van der Waals surface area contributed by atoms with Crippen molar-refractivity contribution in [2.75, 3.05) is 13.1 Å². The Morgan fingerprint density at radius 1 is 0.650 bits per heavy atom. The third-order valence-electron chi connectivity index (χ3n) is 7.43. The number of carbonyl (C=O) groups is 2. The molecule has 3 aromatic carbocycles. The Labute approximate surface area is 237 Å². The standard InChI is InChI=1S/C36H32N2O2/c1-5-9-17-37-33(21-27-15-11-13-25(7-3)19-27)29-23-30-32(24-31(29)35(37)39)36(40)38(18-10-6-2)34(30)22-28-16-12-14-26(8-4)20-28/h3-4,11-16,19-24H,5-6,9-10,17-18H2,1-2H3/b33-21-,34-22-. The number of nitrogens with zero attached hydrogens (tertiary/aromatic N) is 2. The van der Waals surface area contributed by atoms with Crippen LogP contribution in [0, 0.1) is 24.7 Å². The predicted octanol–water partition coefficient (Wildman–Crippen LogP) is 7.16. The summed E-state index contributed by atoms with van der Waals surface area (Å²) in [5.74, 6) is 5.24. The van der Waals surface area contributed by atoms with Gasteiger partial charge < -0.3 is 9.80 Å². The zero-order valence-corrected chi connectivity index (χ0v) is 23.0. The fraction of sp³-hybridized carbons (Fsp3) is 0.222. The van der Waals surface area contributed by atoms with Crippen molar-refractivity contribution < 1.29 is 9.59 Å². The summed E-state index contributed by atoms with van der Waals surface area (Å²) in [4.78, 5) is 31.1. The monoisotopic (exact) mass is 524 g/mol. The van der Waals surface area contributed by atoms with Gasteiger partial charge in [0.1, 0.15) is 0 Å². The van der Waals surface area contributed by atoms with Gasteiger partial charge in [-0.15, -0.1) is 12.8 Å². The Balaban J connectivity index is 1.69. The van der Waals surface area contributed by atoms with Crippen molar-refractivity contribution in [3.63, 3.8) is 0 Å². The van der Waals surface area contributed by atoms with Gasteiger partial charge in [-0.3, -0.25) is 9.59 Å². The number of hydrogen-bond donors (Lipinski definition) is 0. The maximum Gasteiger partial charge on any atom is 0.259 e. The van der Waals surface area contributed by atoms with Gasteiger partial charge in [-0.1, -0.05) is 62.8 Å². The Hall–Kier alpha value is -4.80. The van der Waals surface area contributed by atoms with Crippen LogP contribution in [0.1, 0.15) is 93.6 Å². The minimum atomic E-state index is -0.0716. The minimum Gasteiger partial charge on any atom is -0.308 e. The fourth-order valence-corrected chi connectivity index (χ4v) is 5.32. The van der Waals surface area contributed by atoms with E-state index in [0.29, 0.717) is 24.2 Å². The summed E-state index contributed by atoms with van der Waals surface area (Å²) < 4.78 is 0. The first-order valence-electron chi connectivity index (χ1n) is 13.9. The van der Waals surface area contributed by atoms with Crippen LogP contribution < -0.4 is 0 Å². The Morgan fingerprint density at radius 2 is 1.07 bits per heavy atom. The maximum absolute atomic E-state index is 13.7. The minimum absolute atomic E-state index is 0.0716. The SMILES string of the molecule is C#Cc1cccc(/C=C2/c3cc4c(cc3C(=O)N2CCCC)C(=O)N(CCCC)/C4=C\c2cccc(C#C)c2)c1. The van der Waals surface area contributed by atoms with E-state index in [4.69, 9.17) is 12.8 Å². The Morgan fingerprint density at radius 3 is 1.48 bits per heavy atom. The van der Waals surface area contributed by atoms with Crippen molar-refractivity contribution in [2.24, 2.45) is 0 Å². The number of unbranched alkanes of at least 4 members (excludes halogenated alkanes) is 2. The molecule has 0 saturated carbocycles. The van der Waals surface area contributed by atoms with Gasteiger partial charge in [-0.2, -0.15) is 0 Å². The molecule has 0 aromatic heterocycles. The molecule has 2 amide bonds. The first kappa shape index (κ1) is 26.8. The molecule has 2 aliphatic rings. The number of hydrogen-bond acceptors (Lipinski definition) is 2. The molecule has 0 N–H and O–H groups in total. The highest BCUT2D eigenvalue weighted by Crippen LogP contribution is 2.42. The molecule has 2 heterocycles. The Kier molecular flexibility index (Phi) is 7.72. The molecule has 0 spiro atoms. The van der Waals surface area contributed by atoms with Crippen LogP contribution in [0.3, 0.4) is 0 Å². The van der Waals surface area contributed by atoms with E-state index >= 15 is 0 Å². The summed E-state index contributed by atoms with van der Waals surface area (Å²) in [6.07, 6.45) is 19.0. The lowest BCUT2D eigenvalue weighted by molar-refractivity contribution is 0.0848. The third-order valence-corrected chi connectivity index (χ3v) is 7.43. The molecule has 0 atom stereocenters. The van der Waals surface area contributed by atoms with Crippen LogP contribution in [-0.4, -0.2) is 34.7 Å². The molecule has 0 radical (unpaired) electrons. The molecule has 3 aromatic rings. The smallest absolute Gasteiger partial charge is 0.259 e. The van der Waals surface area contributed by atoms with Crippen LogP contribution in [0.2, 0.25) is 0 Å². The van der Waals surface area contributed by atoms with Gasteiger partial charge in [0.2, 0.25) is 0 Å². The molecule has 198 valence electrons. The van der Waals surface area contributed by atoms with Crippen molar-refractivity contribution in [3.8, 4) is 24.7 Å². The second-order valence-electron chi connectivity index (χ2n) is 10.2. The zero-order valence-electron chi connectivity index (χ0n) is 23.0. The molecule has 2 aliphatic heterocycles. The molecule has 0 aliphatic carbocycles. The number of terminal acetylenes is 2. The third kappa shape index (κ3) is 4.97. The molecule has 40 heavy (non-hydrogen) atoms. The summed E-state index contributed by atoms with van der Waals surface area (Å²) in [6.45, 7) is 5.43. The fourth-order valence-electron chi connectivity index (χ4n) is 5.32. The van der Waals surface area contributed by atoms with Crippen LogP contribution >= 0.6 is 0 Å². The van der Waals surface area contributed by atoms with Gasteiger partial charge in [0.25, 0.3) is 11.8 Å². The lowest BCUT2D eigenvalue weighted by atomic mass is 9.97. The topological polar surface area (TPSA) is 40.6 Å². The summed E-state index contributed by atoms with van der Waals surface area (Å²) in [7, 11) is 0. The van der Waals surface area contributed by atoms with Crippen molar-refractivity contribution >= 4 is 35.4 Å². The van der Waals surface area contributed by atoms with Crippen molar-refractivity contribution in [1.82, 2.24) is 9.80 Å². The van der Waals surface area contributed by atoms with E-state index < -0.39 is 0 Å². The van der Waals surface area contributed by atoms with E-state index in [-0.39, 0.29) is 11.8 Å². The molecule has 0 bridgehead atoms. The highest BCUT2D eigenvalue weighted by atomic mass is 16.2. The van der Waals surface area contributed by atoms with E-state index in [1.165, 1.54) is 0 Å². The molecular weight excluding hydrogens is 492 g/mol. The maximum atomic E-state index is 13.7. The van der Waals surface area contributed by atoms with Crippen LogP contribution in [0.25, 0.3) is 23.5 Å². The molecule has 4 heteroatoms. The quantitative estimate of drug-likeness (QED) is 0.294. The van der Waals surface area contributed by atoms with Gasteiger partial charge in [-0.25, -0.2) is 0 Å². The van der Waals surface area contributed by atoms with Crippen molar-refractivity contribution in [3.05, 3.63) is 105 Å². The highest BCUT2D eigenvalue weighted by Gasteiger charge is 2.38. The predicted molar refractivity (Wildman–Crippen MR) is 163 cm³/mol. The second-order valence-corrected chi connectivity index (χ2v) is 10.2. The van der Waals surface area contributed by atoms with E-state index in [0.717, 1.165) is 70.5 Å². The summed E-state index contributed by atoms with van der Waals surface area (Å²) in [6, 6.07) is 19.3. The average Bonchev–Trinajstić information content (AvgIpc) is 3.38. The number of rotatable bonds is 8.